The predicted octanol–water partition coefficient (Wildman–Crippen LogP) is 3.64. The SMILES string of the molecule is CC(C)(C)OC(=O)Nc1ccc(-c2n[nH]c(=O)c3ccccc23)cc1O. The van der Waals surface area contributed by atoms with Gasteiger partial charge in [0.05, 0.1) is 16.8 Å². The zero-order valence-corrected chi connectivity index (χ0v) is 14.7. The lowest BCUT2D eigenvalue weighted by atomic mass is 10.0. The summed E-state index contributed by atoms with van der Waals surface area (Å²) in [6, 6.07) is 11.8. The second-order valence-electron chi connectivity index (χ2n) is 6.81. The van der Waals surface area contributed by atoms with Crippen LogP contribution in [-0.4, -0.2) is 27.0 Å². The number of hydrogen-bond donors (Lipinski definition) is 3. The fraction of sp³-hybridized carbons (Fsp3) is 0.211. The smallest absolute Gasteiger partial charge is 0.412 e. The molecule has 3 rings (SSSR count). The molecule has 3 N–H and O–H groups in total. The number of nitrogens with zero attached hydrogens (tertiary/aromatic N) is 1. The number of aromatic nitrogens is 2. The molecule has 0 saturated heterocycles. The molecule has 0 unspecified atom stereocenters. The van der Waals surface area contributed by atoms with E-state index < -0.39 is 11.7 Å². The third-order valence-electron chi connectivity index (χ3n) is 3.60. The van der Waals surface area contributed by atoms with E-state index >= 15 is 0 Å². The Labute approximate surface area is 149 Å². The number of ether oxygens (including phenoxy) is 1. The molecule has 1 amide bonds. The van der Waals surface area contributed by atoms with Crippen molar-refractivity contribution in [3.8, 4) is 17.0 Å². The standard InChI is InChI=1S/C19H19N3O4/c1-19(2,3)26-18(25)20-14-9-8-11(10-15(14)23)16-12-6-4-5-7-13(12)17(24)22-21-16/h4-10,23H,1-3H3,(H,20,25)(H,22,24). The molecule has 134 valence electrons. The third-order valence-corrected chi connectivity index (χ3v) is 3.60. The van der Waals surface area contributed by atoms with E-state index in [-0.39, 0.29) is 17.0 Å². The molecule has 0 atom stereocenters. The van der Waals surface area contributed by atoms with Crippen molar-refractivity contribution in [2.24, 2.45) is 0 Å². The van der Waals surface area contributed by atoms with Gasteiger partial charge in [-0.15, -0.1) is 0 Å². The first-order valence-electron chi connectivity index (χ1n) is 8.05. The molecule has 1 aromatic heterocycles. The van der Waals surface area contributed by atoms with Crippen LogP contribution in [0.2, 0.25) is 0 Å². The van der Waals surface area contributed by atoms with Crippen LogP contribution in [0.1, 0.15) is 20.8 Å². The fourth-order valence-electron chi connectivity index (χ4n) is 2.53. The van der Waals surface area contributed by atoms with Gasteiger partial charge < -0.3 is 9.84 Å². The molecule has 0 spiro atoms. The van der Waals surface area contributed by atoms with Gasteiger partial charge in [0.25, 0.3) is 5.56 Å². The molecule has 0 saturated carbocycles. The van der Waals surface area contributed by atoms with Crippen molar-refractivity contribution in [3.63, 3.8) is 0 Å². The Morgan fingerprint density at radius 1 is 1.15 bits per heavy atom. The molecule has 0 aliphatic heterocycles. The van der Waals surface area contributed by atoms with Crippen molar-refractivity contribution in [2.45, 2.75) is 26.4 Å². The van der Waals surface area contributed by atoms with Gasteiger partial charge in [0.2, 0.25) is 0 Å². The molecule has 0 aliphatic carbocycles. The number of aromatic amines is 1. The molecular weight excluding hydrogens is 334 g/mol. The molecule has 3 aromatic rings. The van der Waals surface area contributed by atoms with E-state index in [0.29, 0.717) is 22.0 Å². The van der Waals surface area contributed by atoms with E-state index in [1.54, 1.807) is 51.1 Å². The second-order valence-corrected chi connectivity index (χ2v) is 6.81. The monoisotopic (exact) mass is 353 g/mol. The highest BCUT2D eigenvalue weighted by Crippen LogP contribution is 2.31. The van der Waals surface area contributed by atoms with E-state index in [9.17, 15) is 14.7 Å². The van der Waals surface area contributed by atoms with Crippen LogP contribution < -0.4 is 10.9 Å². The zero-order chi connectivity index (χ0) is 18.9. The number of rotatable bonds is 2. The number of anilines is 1. The van der Waals surface area contributed by atoms with Crippen molar-refractivity contribution in [2.75, 3.05) is 5.32 Å². The number of aromatic hydroxyl groups is 1. The highest BCUT2D eigenvalue weighted by Gasteiger charge is 2.18. The summed E-state index contributed by atoms with van der Waals surface area (Å²) in [5, 5.41) is 20.5. The minimum Gasteiger partial charge on any atom is -0.506 e. The maximum Gasteiger partial charge on any atom is 0.412 e. The Morgan fingerprint density at radius 3 is 2.50 bits per heavy atom. The molecule has 0 radical (unpaired) electrons. The Hall–Kier alpha value is -3.35. The second kappa shape index (κ2) is 6.51. The average molecular weight is 353 g/mol. The van der Waals surface area contributed by atoms with Crippen LogP contribution in [0, 0.1) is 0 Å². The molecule has 2 aromatic carbocycles. The van der Waals surface area contributed by atoms with Gasteiger partial charge in [0, 0.05) is 10.9 Å². The molecular formula is C19H19N3O4. The number of fused-ring (bicyclic) bond motifs is 1. The van der Waals surface area contributed by atoms with Crippen molar-refractivity contribution in [1.82, 2.24) is 10.2 Å². The summed E-state index contributed by atoms with van der Waals surface area (Å²) in [4.78, 5) is 23.7. The summed E-state index contributed by atoms with van der Waals surface area (Å²) in [5.74, 6) is -0.134. The van der Waals surface area contributed by atoms with Crippen molar-refractivity contribution in [3.05, 3.63) is 52.8 Å². The minimum atomic E-state index is -0.659. The van der Waals surface area contributed by atoms with Crippen molar-refractivity contribution >= 4 is 22.6 Å². The lowest BCUT2D eigenvalue weighted by Gasteiger charge is -2.20. The first kappa shape index (κ1) is 17.5. The summed E-state index contributed by atoms with van der Waals surface area (Å²) in [6.07, 6.45) is -0.659. The topological polar surface area (TPSA) is 104 Å². The normalized spacial score (nSPS) is 11.3. The lowest BCUT2D eigenvalue weighted by Crippen LogP contribution is -2.27. The zero-order valence-electron chi connectivity index (χ0n) is 14.7. The van der Waals surface area contributed by atoms with Gasteiger partial charge in [-0.2, -0.15) is 5.10 Å². The number of phenols is 1. The number of benzene rings is 2. The molecule has 7 heteroatoms. The van der Waals surface area contributed by atoms with Gasteiger partial charge in [0.15, 0.2) is 0 Å². The summed E-state index contributed by atoms with van der Waals surface area (Å²) in [7, 11) is 0. The molecule has 0 fully saturated rings. The highest BCUT2D eigenvalue weighted by atomic mass is 16.6. The Balaban J connectivity index is 1.95. The lowest BCUT2D eigenvalue weighted by molar-refractivity contribution is 0.0635. The van der Waals surface area contributed by atoms with Gasteiger partial charge >= 0.3 is 6.09 Å². The summed E-state index contributed by atoms with van der Waals surface area (Å²) in [6.45, 7) is 5.26. The van der Waals surface area contributed by atoms with Crippen LogP contribution in [0.3, 0.4) is 0 Å². The third kappa shape index (κ3) is 3.66. The quantitative estimate of drug-likeness (QED) is 0.610. The summed E-state index contributed by atoms with van der Waals surface area (Å²) < 4.78 is 5.17. The number of phenolic OH excluding ortho intramolecular Hbond substituents is 1. The number of H-pyrrole nitrogens is 1. The van der Waals surface area contributed by atoms with Crippen LogP contribution >= 0.6 is 0 Å². The van der Waals surface area contributed by atoms with Gasteiger partial charge in [-0.3, -0.25) is 10.1 Å². The first-order valence-corrected chi connectivity index (χ1v) is 8.05. The van der Waals surface area contributed by atoms with Crippen LogP contribution in [-0.2, 0) is 4.74 Å². The van der Waals surface area contributed by atoms with E-state index in [1.165, 1.54) is 6.07 Å². The van der Waals surface area contributed by atoms with E-state index in [0.717, 1.165) is 0 Å². The number of carbonyl (C=O) groups is 1. The highest BCUT2D eigenvalue weighted by molar-refractivity contribution is 5.95. The molecule has 26 heavy (non-hydrogen) atoms. The van der Waals surface area contributed by atoms with Crippen molar-refractivity contribution < 1.29 is 14.6 Å². The van der Waals surface area contributed by atoms with Crippen LogP contribution in [0.5, 0.6) is 5.75 Å². The largest absolute Gasteiger partial charge is 0.506 e. The average Bonchev–Trinajstić information content (AvgIpc) is 2.56. The number of nitrogens with one attached hydrogen (secondary N) is 2. The minimum absolute atomic E-state index is 0.134. The Morgan fingerprint density at radius 2 is 1.85 bits per heavy atom. The molecule has 1 heterocycles. The molecule has 0 aliphatic rings. The first-order chi connectivity index (χ1) is 12.2. The van der Waals surface area contributed by atoms with Gasteiger partial charge in [-0.1, -0.05) is 24.3 Å². The van der Waals surface area contributed by atoms with Crippen LogP contribution in [0.15, 0.2) is 47.3 Å². The summed E-state index contributed by atoms with van der Waals surface area (Å²) >= 11 is 0. The molecule has 0 bridgehead atoms. The summed E-state index contributed by atoms with van der Waals surface area (Å²) in [5.41, 5.74) is 0.427. The Bertz CT molecular complexity index is 1030. The van der Waals surface area contributed by atoms with Crippen LogP contribution in [0.25, 0.3) is 22.0 Å². The predicted molar refractivity (Wildman–Crippen MR) is 99.3 cm³/mol. The van der Waals surface area contributed by atoms with Gasteiger partial charge in [0.1, 0.15) is 11.4 Å². The maximum atomic E-state index is 11.9. The van der Waals surface area contributed by atoms with E-state index in [2.05, 4.69) is 15.5 Å². The number of amides is 1. The van der Waals surface area contributed by atoms with Gasteiger partial charge in [-0.25, -0.2) is 9.89 Å². The van der Waals surface area contributed by atoms with E-state index in [1.807, 2.05) is 6.07 Å². The molecule has 7 nitrogen and oxygen atoms in total. The fourth-order valence-corrected chi connectivity index (χ4v) is 2.53. The van der Waals surface area contributed by atoms with E-state index in [4.69, 9.17) is 4.74 Å². The van der Waals surface area contributed by atoms with Gasteiger partial charge in [-0.05, 0) is 39.0 Å². The van der Waals surface area contributed by atoms with Crippen LogP contribution in [0.4, 0.5) is 10.5 Å². The number of carbonyl (C=O) groups excluding carboxylic acids is 1. The van der Waals surface area contributed by atoms with Crippen molar-refractivity contribution in [1.29, 1.82) is 0 Å². The Kier molecular flexibility index (Phi) is 4.38. The maximum absolute atomic E-state index is 11.9. The number of hydrogen-bond acceptors (Lipinski definition) is 5.